The normalized spacial score (nSPS) is 11.5. The van der Waals surface area contributed by atoms with Crippen molar-refractivity contribution in [2.45, 2.75) is 19.4 Å². The van der Waals surface area contributed by atoms with Crippen LogP contribution in [0.15, 0.2) is 24.3 Å². The van der Waals surface area contributed by atoms with Gasteiger partial charge in [-0.25, -0.2) is 9.59 Å². The second kappa shape index (κ2) is 8.80. The number of aliphatic carboxylic acids is 1. The van der Waals surface area contributed by atoms with Gasteiger partial charge in [0.25, 0.3) is 0 Å². The van der Waals surface area contributed by atoms with Crippen molar-refractivity contribution in [2.75, 3.05) is 19.7 Å². The fraction of sp³-hybridized carbons (Fsp3) is 0.429. The van der Waals surface area contributed by atoms with Crippen LogP contribution in [0, 0.1) is 6.92 Å². The first-order valence-electron chi connectivity index (χ1n) is 6.61. The van der Waals surface area contributed by atoms with E-state index in [1.165, 1.54) is 0 Å². The van der Waals surface area contributed by atoms with Gasteiger partial charge in [0.15, 0.2) is 6.10 Å². The van der Waals surface area contributed by atoms with Gasteiger partial charge in [0.2, 0.25) is 0 Å². The number of hydrogen-bond acceptors (Lipinski definition) is 4. The van der Waals surface area contributed by atoms with Crippen LogP contribution in [0.4, 0.5) is 4.79 Å². The van der Waals surface area contributed by atoms with Crippen molar-refractivity contribution in [1.82, 2.24) is 10.6 Å². The Labute approximate surface area is 122 Å². The van der Waals surface area contributed by atoms with Gasteiger partial charge >= 0.3 is 12.0 Å². The lowest BCUT2D eigenvalue weighted by molar-refractivity contribution is -0.146. The quantitative estimate of drug-likeness (QED) is 0.523. The summed E-state index contributed by atoms with van der Waals surface area (Å²) in [6.45, 7) is 2.69. The van der Waals surface area contributed by atoms with Gasteiger partial charge in [-0.05, 0) is 24.6 Å². The summed E-state index contributed by atoms with van der Waals surface area (Å²) < 4.78 is 5.45. The third kappa shape index (κ3) is 7.17. The van der Waals surface area contributed by atoms with E-state index in [0.717, 1.165) is 11.3 Å². The van der Waals surface area contributed by atoms with Gasteiger partial charge in [-0.3, -0.25) is 0 Å². The molecule has 116 valence electrons. The monoisotopic (exact) mass is 296 g/mol. The molecule has 1 rings (SSSR count). The molecule has 0 saturated heterocycles. The SMILES string of the molecule is Cc1cccc(OCCNC(=O)NCCC(O)C(=O)O)c1. The molecule has 0 aliphatic rings. The number of urea groups is 1. The molecule has 1 unspecified atom stereocenters. The number of carboxylic acid groups (broad SMARTS) is 1. The van der Waals surface area contributed by atoms with Crippen LogP contribution in [0.3, 0.4) is 0 Å². The molecule has 0 radical (unpaired) electrons. The first kappa shape index (κ1) is 16.8. The Kier molecular flexibility index (Phi) is 7.03. The molecule has 2 amide bonds. The maximum Gasteiger partial charge on any atom is 0.332 e. The van der Waals surface area contributed by atoms with Crippen molar-refractivity contribution in [3.05, 3.63) is 29.8 Å². The number of carboxylic acids is 1. The Morgan fingerprint density at radius 1 is 1.29 bits per heavy atom. The fourth-order valence-electron chi connectivity index (χ4n) is 1.55. The molecule has 1 atom stereocenters. The molecule has 0 fully saturated rings. The highest BCUT2D eigenvalue weighted by Gasteiger charge is 2.12. The minimum atomic E-state index is -1.46. The molecule has 7 heteroatoms. The third-order valence-corrected chi connectivity index (χ3v) is 2.63. The van der Waals surface area contributed by atoms with Crippen molar-refractivity contribution < 1.29 is 24.5 Å². The number of carbonyl (C=O) groups excluding carboxylic acids is 1. The fourth-order valence-corrected chi connectivity index (χ4v) is 1.55. The molecule has 1 aromatic carbocycles. The maximum absolute atomic E-state index is 11.4. The van der Waals surface area contributed by atoms with Crippen LogP contribution in [0.25, 0.3) is 0 Å². The van der Waals surface area contributed by atoms with E-state index in [1.54, 1.807) is 0 Å². The zero-order chi connectivity index (χ0) is 15.7. The predicted molar refractivity (Wildman–Crippen MR) is 76.3 cm³/mol. The third-order valence-electron chi connectivity index (χ3n) is 2.63. The van der Waals surface area contributed by atoms with Crippen LogP contribution in [-0.4, -0.2) is 48.0 Å². The molecule has 0 heterocycles. The summed E-state index contributed by atoms with van der Waals surface area (Å²) in [4.78, 5) is 21.7. The second-order valence-corrected chi connectivity index (χ2v) is 4.49. The van der Waals surface area contributed by atoms with E-state index in [2.05, 4.69) is 10.6 Å². The van der Waals surface area contributed by atoms with Crippen LogP contribution >= 0.6 is 0 Å². The van der Waals surface area contributed by atoms with Crippen molar-refractivity contribution in [2.24, 2.45) is 0 Å². The predicted octanol–water partition coefficient (Wildman–Crippen LogP) is 0.509. The molecule has 21 heavy (non-hydrogen) atoms. The van der Waals surface area contributed by atoms with E-state index < -0.39 is 18.1 Å². The molecular formula is C14H20N2O5. The number of nitrogens with one attached hydrogen (secondary N) is 2. The number of carbonyl (C=O) groups is 2. The van der Waals surface area contributed by atoms with Crippen molar-refractivity contribution in [3.8, 4) is 5.75 Å². The molecule has 0 aromatic heterocycles. The summed E-state index contributed by atoms with van der Waals surface area (Å²) >= 11 is 0. The summed E-state index contributed by atoms with van der Waals surface area (Å²) in [5.41, 5.74) is 1.09. The van der Waals surface area contributed by atoms with Crippen molar-refractivity contribution in [3.63, 3.8) is 0 Å². The zero-order valence-corrected chi connectivity index (χ0v) is 11.8. The Balaban J connectivity index is 2.09. The van der Waals surface area contributed by atoms with E-state index in [9.17, 15) is 9.59 Å². The first-order valence-corrected chi connectivity index (χ1v) is 6.61. The molecule has 1 aromatic rings. The molecule has 0 saturated carbocycles. The average molecular weight is 296 g/mol. The highest BCUT2D eigenvalue weighted by Crippen LogP contribution is 2.11. The lowest BCUT2D eigenvalue weighted by atomic mass is 10.2. The molecule has 0 spiro atoms. The van der Waals surface area contributed by atoms with Crippen molar-refractivity contribution >= 4 is 12.0 Å². The van der Waals surface area contributed by atoms with E-state index in [0.29, 0.717) is 13.2 Å². The molecular weight excluding hydrogens is 276 g/mol. The van der Waals surface area contributed by atoms with Gasteiger partial charge in [-0.15, -0.1) is 0 Å². The number of rotatable bonds is 8. The summed E-state index contributed by atoms with van der Waals surface area (Å²) in [5, 5.41) is 22.5. The molecule has 4 N–H and O–H groups in total. The number of ether oxygens (including phenoxy) is 1. The summed E-state index contributed by atoms with van der Waals surface area (Å²) in [5.74, 6) is -0.564. The van der Waals surface area contributed by atoms with Gasteiger partial charge in [0, 0.05) is 13.0 Å². The van der Waals surface area contributed by atoms with Gasteiger partial charge in [-0.1, -0.05) is 12.1 Å². The maximum atomic E-state index is 11.4. The molecule has 0 bridgehead atoms. The van der Waals surface area contributed by atoms with E-state index in [1.807, 2.05) is 31.2 Å². The largest absolute Gasteiger partial charge is 0.492 e. The average Bonchev–Trinajstić information content (AvgIpc) is 2.43. The number of aliphatic hydroxyl groups excluding tert-OH is 1. The Hall–Kier alpha value is -2.28. The summed E-state index contributed by atoms with van der Waals surface area (Å²) in [7, 11) is 0. The van der Waals surface area contributed by atoms with Crippen molar-refractivity contribution in [1.29, 1.82) is 0 Å². The molecule has 7 nitrogen and oxygen atoms in total. The number of hydrogen-bond donors (Lipinski definition) is 4. The first-order chi connectivity index (χ1) is 9.99. The Bertz CT molecular complexity index is 478. The molecule has 0 aliphatic carbocycles. The second-order valence-electron chi connectivity index (χ2n) is 4.49. The zero-order valence-electron chi connectivity index (χ0n) is 11.8. The number of amides is 2. The minimum absolute atomic E-state index is 0.0391. The van der Waals surface area contributed by atoms with E-state index >= 15 is 0 Å². The smallest absolute Gasteiger partial charge is 0.332 e. The lowest BCUT2D eigenvalue weighted by Crippen LogP contribution is -2.39. The van der Waals surface area contributed by atoms with Gasteiger partial charge in [0.1, 0.15) is 12.4 Å². The Morgan fingerprint density at radius 2 is 2.00 bits per heavy atom. The highest BCUT2D eigenvalue weighted by molar-refractivity contribution is 5.74. The van der Waals surface area contributed by atoms with Crippen LogP contribution in [0.2, 0.25) is 0 Å². The van der Waals surface area contributed by atoms with Crippen LogP contribution in [0.1, 0.15) is 12.0 Å². The van der Waals surface area contributed by atoms with Gasteiger partial charge in [0.05, 0.1) is 6.54 Å². The van der Waals surface area contributed by atoms with Crippen LogP contribution < -0.4 is 15.4 Å². The number of aryl methyl sites for hydroxylation is 1. The van der Waals surface area contributed by atoms with E-state index in [4.69, 9.17) is 14.9 Å². The number of benzene rings is 1. The van der Waals surface area contributed by atoms with Gasteiger partial charge in [-0.2, -0.15) is 0 Å². The van der Waals surface area contributed by atoms with Crippen LogP contribution in [-0.2, 0) is 4.79 Å². The van der Waals surface area contributed by atoms with E-state index in [-0.39, 0.29) is 13.0 Å². The summed E-state index contributed by atoms with van der Waals surface area (Å²) in [6, 6.07) is 7.15. The molecule has 0 aliphatic heterocycles. The topological polar surface area (TPSA) is 108 Å². The Morgan fingerprint density at radius 3 is 2.67 bits per heavy atom. The number of aliphatic hydroxyl groups is 1. The lowest BCUT2D eigenvalue weighted by Gasteiger charge is -2.10. The highest BCUT2D eigenvalue weighted by atomic mass is 16.5. The standard InChI is InChI=1S/C14H20N2O5/c1-10-3-2-4-11(9-10)21-8-7-16-14(20)15-6-5-12(17)13(18)19/h2-4,9,12,17H,5-8H2,1H3,(H,18,19)(H2,15,16,20). The van der Waals surface area contributed by atoms with Gasteiger partial charge < -0.3 is 25.6 Å². The summed E-state index contributed by atoms with van der Waals surface area (Å²) in [6.07, 6.45) is -1.50. The minimum Gasteiger partial charge on any atom is -0.492 e. The van der Waals surface area contributed by atoms with Crippen LogP contribution in [0.5, 0.6) is 5.75 Å².